The summed E-state index contributed by atoms with van der Waals surface area (Å²) >= 11 is 0. The lowest BCUT2D eigenvalue weighted by Crippen LogP contribution is -2.11. The van der Waals surface area contributed by atoms with Crippen molar-refractivity contribution >= 4 is 12.9 Å². The first-order chi connectivity index (χ1) is 9.95. The summed E-state index contributed by atoms with van der Waals surface area (Å²) in [6.45, 7) is 7.55. The third kappa shape index (κ3) is 3.51. The van der Waals surface area contributed by atoms with Crippen LogP contribution in [0.3, 0.4) is 0 Å². The maximum absolute atomic E-state index is 12.4. The second-order valence-electron chi connectivity index (χ2n) is 4.94. The zero-order valence-corrected chi connectivity index (χ0v) is 13.1. The Morgan fingerprint density at radius 3 is 2.57 bits per heavy atom. The van der Waals surface area contributed by atoms with Crippen molar-refractivity contribution in [3.63, 3.8) is 0 Å². The third-order valence-corrected chi connectivity index (χ3v) is 4.75. The molecule has 0 aliphatic rings. The van der Waals surface area contributed by atoms with Gasteiger partial charge < -0.3 is 9.42 Å². The third-order valence-electron chi connectivity index (χ3n) is 3.25. The van der Waals surface area contributed by atoms with Gasteiger partial charge in [0.05, 0.1) is 11.9 Å². The van der Waals surface area contributed by atoms with Crippen LogP contribution < -0.4 is 5.30 Å². The Balaban J connectivity index is 2.55. The summed E-state index contributed by atoms with van der Waals surface area (Å²) in [5.41, 5.74) is 3.88. The standard InChI is InChI=1S/C17H19O3P/c1-4-11-20-21(18,19)17-8-6-5-7-16(17)15-10-9-13(2)12-14(15)3/h4-10,12H,1,11H2,2-3H3,(H,18,19). The summed E-state index contributed by atoms with van der Waals surface area (Å²) in [6.07, 6.45) is 1.46. The number of hydrogen-bond acceptors (Lipinski definition) is 2. The lowest BCUT2D eigenvalue weighted by molar-refractivity contribution is 0.298. The Kier molecular flexibility index (Phi) is 4.79. The molecule has 2 aromatic carbocycles. The van der Waals surface area contributed by atoms with Crippen LogP contribution in [0, 0.1) is 13.8 Å². The van der Waals surface area contributed by atoms with E-state index in [1.165, 1.54) is 6.08 Å². The van der Waals surface area contributed by atoms with Gasteiger partial charge in [-0.3, -0.25) is 4.57 Å². The van der Waals surface area contributed by atoms with Gasteiger partial charge in [-0.05, 0) is 36.6 Å². The van der Waals surface area contributed by atoms with Gasteiger partial charge in [-0.1, -0.05) is 48.0 Å². The highest BCUT2D eigenvalue weighted by molar-refractivity contribution is 7.61. The molecule has 4 heteroatoms. The van der Waals surface area contributed by atoms with E-state index in [-0.39, 0.29) is 6.61 Å². The second-order valence-corrected chi connectivity index (χ2v) is 6.72. The SMILES string of the molecule is C=CCOP(=O)(O)c1ccccc1-c1ccc(C)cc1C. The Morgan fingerprint density at radius 2 is 1.90 bits per heavy atom. The average Bonchev–Trinajstić information content (AvgIpc) is 2.45. The fraction of sp³-hybridized carbons (Fsp3) is 0.176. The first-order valence-electron chi connectivity index (χ1n) is 6.71. The Labute approximate surface area is 125 Å². The molecule has 0 saturated heterocycles. The number of rotatable bonds is 5. The Morgan fingerprint density at radius 1 is 1.19 bits per heavy atom. The minimum atomic E-state index is -3.87. The van der Waals surface area contributed by atoms with E-state index in [1.54, 1.807) is 12.1 Å². The summed E-state index contributed by atoms with van der Waals surface area (Å²) in [4.78, 5) is 10.2. The van der Waals surface area contributed by atoms with Gasteiger partial charge in [-0.15, -0.1) is 6.58 Å². The lowest BCUT2D eigenvalue weighted by Gasteiger charge is -2.16. The quantitative estimate of drug-likeness (QED) is 0.671. The predicted molar refractivity (Wildman–Crippen MR) is 87.0 cm³/mol. The summed E-state index contributed by atoms with van der Waals surface area (Å²) in [5, 5.41) is 0.318. The van der Waals surface area contributed by atoms with Crippen molar-refractivity contribution in [1.82, 2.24) is 0 Å². The van der Waals surface area contributed by atoms with E-state index < -0.39 is 7.60 Å². The molecule has 1 atom stereocenters. The van der Waals surface area contributed by atoms with Gasteiger partial charge in [0.15, 0.2) is 0 Å². The molecule has 0 aliphatic heterocycles. The van der Waals surface area contributed by atoms with Gasteiger partial charge >= 0.3 is 7.60 Å². The first kappa shape index (κ1) is 15.7. The van der Waals surface area contributed by atoms with E-state index in [0.29, 0.717) is 5.30 Å². The molecule has 21 heavy (non-hydrogen) atoms. The van der Waals surface area contributed by atoms with Gasteiger partial charge in [0.1, 0.15) is 0 Å². The molecule has 0 bridgehead atoms. The maximum atomic E-state index is 12.4. The molecule has 1 N–H and O–H groups in total. The first-order valence-corrected chi connectivity index (χ1v) is 8.29. The van der Waals surface area contributed by atoms with E-state index >= 15 is 0 Å². The van der Waals surface area contributed by atoms with Crippen molar-refractivity contribution in [1.29, 1.82) is 0 Å². The van der Waals surface area contributed by atoms with Crippen LogP contribution in [0.1, 0.15) is 11.1 Å². The van der Waals surface area contributed by atoms with Gasteiger partial charge in [-0.2, -0.15) is 0 Å². The van der Waals surface area contributed by atoms with E-state index in [4.69, 9.17) is 4.52 Å². The van der Waals surface area contributed by atoms with Crippen LogP contribution in [0.4, 0.5) is 0 Å². The Bertz CT molecular complexity index is 707. The molecule has 0 aromatic heterocycles. The molecule has 0 fully saturated rings. The molecule has 0 spiro atoms. The summed E-state index contributed by atoms with van der Waals surface area (Å²) in [5.74, 6) is 0. The lowest BCUT2D eigenvalue weighted by atomic mass is 9.99. The highest BCUT2D eigenvalue weighted by Gasteiger charge is 2.26. The molecule has 0 amide bonds. The highest BCUT2D eigenvalue weighted by Crippen LogP contribution is 2.44. The maximum Gasteiger partial charge on any atom is 0.359 e. The average molecular weight is 302 g/mol. The van der Waals surface area contributed by atoms with Gasteiger partial charge in [0.2, 0.25) is 0 Å². The van der Waals surface area contributed by atoms with Crippen molar-refractivity contribution in [3.8, 4) is 11.1 Å². The van der Waals surface area contributed by atoms with Crippen molar-refractivity contribution in [2.75, 3.05) is 6.61 Å². The number of hydrogen-bond donors (Lipinski definition) is 1. The topological polar surface area (TPSA) is 46.5 Å². The van der Waals surface area contributed by atoms with Crippen molar-refractivity contribution in [3.05, 3.63) is 66.2 Å². The fourth-order valence-electron chi connectivity index (χ4n) is 2.29. The van der Waals surface area contributed by atoms with E-state index in [1.807, 2.05) is 38.1 Å². The van der Waals surface area contributed by atoms with Gasteiger partial charge in [0, 0.05) is 0 Å². The molecule has 1 unspecified atom stereocenters. The fourth-order valence-corrected chi connectivity index (χ4v) is 3.51. The van der Waals surface area contributed by atoms with Gasteiger partial charge in [0.25, 0.3) is 0 Å². The molecule has 0 saturated carbocycles. The van der Waals surface area contributed by atoms with E-state index in [2.05, 4.69) is 12.6 Å². The smallest absolute Gasteiger partial charge is 0.321 e. The predicted octanol–water partition coefficient (Wildman–Crippen LogP) is 3.98. The second kappa shape index (κ2) is 6.40. The minimum absolute atomic E-state index is 0.0367. The molecule has 2 rings (SSSR count). The largest absolute Gasteiger partial charge is 0.359 e. The van der Waals surface area contributed by atoms with Crippen molar-refractivity contribution in [2.45, 2.75) is 13.8 Å². The summed E-state index contributed by atoms with van der Waals surface area (Å²) in [7, 11) is -3.87. The zero-order valence-electron chi connectivity index (χ0n) is 12.2. The van der Waals surface area contributed by atoms with E-state index in [0.717, 1.165) is 22.3 Å². The highest BCUT2D eigenvalue weighted by atomic mass is 31.2. The molecule has 3 nitrogen and oxygen atoms in total. The summed E-state index contributed by atoms with van der Waals surface area (Å²) in [6, 6.07) is 13.1. The molecule has 0 radical (unpaired) electrons. The number of aryl methyl sites for hydroxylation is 2. The van der Waals surface area contributed by atoms with Crippen LogP contribution in [-0.4, -0.2) is 11.5 Å². The number of benzene rings is 2. The van der Waals surface area contributed by atoms with E-state index in [9.17, 15) is 9.46 Å². The van der Waals surface area contributed by atoms with Crippen LogP contribution >= 0.6 is 7.60 Å². The van der Waals surface area contributed by atoms with Crippen LogP contribution in [0.5, 0.6) is 0 Å². The molecule has 110 valence electrons. The van der Waals surface area contributed by atoms with Gasteiger partial charge in [-0.25, -0.2) is 0 Å². The van der Waals surface area contributed by atoms with Crippen LogP contribution in [0.15, 0.2) is 55.1 Å². The Hall–Kier alpha value is -1.67. The molecule has 0 heterocycles. The van der Waals surface area contributed by atoms with Crippen LogP contribution in [0.2, 0.25) is 0 Å². The van der Waals surface area contributed by atoms with Crippen molar-refractivity contribution < 1.29 is 14.0 Å². The minimum Gasteiger partial charge on any atom is -0.321 e. The zero-order chi connectivity index (χ0) is 15.5. The molecule has 0 aliphatic carbocycles. The normalized spacial score (nSPS) is 13.7. The molecule has 2 aromatic rings. The molecular formula is C17H19O3P. The van der Waals surface area contributed by atoms with Crippen LogP contribution in [0.25, 0.3) is 11.1 Å². The molecular weight excluding hydrogens is 283 g/mol. The van der Waals surface area contributed by atoms with Crippen LogP contribution in [-0.2, 0) is 9.09 Å². The van der Waals surface area contributed by atoms with Crippen molar-refractivity contribution in [2.24, 2.45) is 0 Å². The monoisotopic (exact) mass is 302 g/mol. The summed E-state index contributed by atoms with van der Waals surface area (Å²) < 4.78 is 17.5.